The molecular weight excluding hydrogens is 370 g/mol. The van der Waals surface area contributed by atoms with E-state index in [9.17, 15) is 9.59 Å². The monoisotopic (exact) mass is 395 g/mol. The Bertz CT molecular complexity index is 913. The lowest BCUT2D eigenvalue weighted by Gasteiger charge is -2.27. The van der Waals surface area contributed by atoms with Gasteiger partial charge in [0.1, 0.15) is 11.5 Å². The van der Waals surface area contributed by atoms with E-state index < -0.39 is 11.6 Å². The number of ether oxygens (including phenoxy) is 2. The molecule has 0 aliphatic carbocycles. The molecule has 0 saturated carbocycles. The zero-order valence-corrected chi connectivity index (χ0v) is 16.8. The van der Waals surface area contributed by atoms with Gasteiger partial charge in [-0.2, -0.15) is 0 Å². The molecule has 0 unspecified atom stereocenters. The van der Waals surface area contributed by atoms with Crippen molar-refractivity contribution in [1.82, 2.24) is 4.90 Å². The van der Waals surface area contributed by atoms with Gasteiger partial charge in [-0.25, -0.2) is 4.79 Å². The van der Waals surface area contributed by atoms with Crippen molar-refractivity contribution in [1.29, 1.82) is 0 Å². The molecule has 0 bridgehead atoms. The number of amides is 1. The van der Waals surface area contributed by atoms with Crippen molar-refractivity contribution < 1.29 is 24.2 Å². The molecule has 0 spiro atoms. The molecule has 2 aromatic carbocycles. The zero-order valence-electron chi connectivity index (χ0n) is 16.8. The molecule has 0 radical (unpaired) electrons. The van der Waals surface area contributed by atoms with Crippen LogP contribution in [0.4, 0.5) is 0 Å². The second-order valence-electron chi connectivity index (χ2n) is 7.40. The summed E-state index contributed by atoms with van der Waals surface area (Å²) in [5.41, 5.74) is 1.56. The van der Waals surface area contributed by atoms with Gasteiger partial charge < -0.3 is 19.5 Å². The number of nitrogens with zero attached hydrogens (tertiary/aromatic N) is 1. The Hall–Kier alpha value is -3.28. The molecule has 0 aromatic heterocycles. The molecule has 1 amide bonds. The first-order chi connectivity index (χ1) is 13.8. The molecule has 2 aromatic rings. The molecule has 6 heteroatoms. The van der Waals surface area contributed by atoms with Crippen LogP contribution in [0.5, 0.6) is 11.5 Å². The van der Waals surface area contributed by atoms with Crippen molar-refractivity contribution in [3.8, 4) is 11.5 Å². The fourth-order valence-corrected chi connectivity index (χ4v) is 3.11. The van der Waals surface area contributed by atoms with E-state index in [2.05, 4.69) is 6.08 Å². The summed E-state index contributed by atoms with van der Waals surface area (Å²) >= 11 is 0. The van der Waals surface area contributed by atoms with Crippen LogP contribution >= 0.6 is 0 Å². The van der Waals surface area contributed by atoms with Gasteiger partial charge in [0.25, 0.3) is 5.91 Å². The zero-order chi connectivity index (χ0) is 21.0. The van der Waals surface area contributed by atoms with Crippen molar-refractivity contribution in [3.05, 3.63) is 65.7 Å². The lowest BCUT2D eigenvalue weighted by Crippen LogP contribution is -2.37. The van der Waals surface area contributed by atoms with Crippen molar-refractivity contribution in [2.24, 2.45) is 0 Å². The maximum atomic E-state index is 12.7. The van der Waals surface area contributed by atoms with Crippen LogP contribution in [0.25, 0.3) is 5.57 Å². The highest BCUT2D eigenvalue weighted by Crippen LogP contribution is 2.27. The van der Waals surface area contributed by atoms with E-state index >= 15 is 0 Å². The van der Waals surface area contributed by atoms with Crippen LogP contribution in [0, 0.1) is 0 Å². The summed E-state index contributed by atoms with van der Waals surface area (Å²) in [6.07, 6.45) is 2.81. The molecule has 3 rings (SSSR count). The molecule has 29 heavy (non-hydrogen) atoms. The fourth-order valence-electron chi connectivity index (χ4n) is 3.11. The molecule has 0 atom stereocenters. The minimum absolute atomic E-state index is 0.00241. The number of carbonyl (C=O) groups is 2. The maximum Gasteiger partial charge on any atom is 0.347 e. The number of carboxylic acid groups (broad SMARTS) is 1. The minimum atomic E-state index is -1.28. The standard InChI is InChI=1S/C23H25NO5/c1-23(2,22(26)27)29-20-10-4-16(5-11-20)17-12-14-24(15-13-17)21(25)18-6-8-19(28-3)9-7-18/h4-12H,13-15H2,1-3H3,(H,26,27). The first-order valence-corrected chi connectivity index (χ1v) is 9.45. The van der Waals surface area contributed by atoms with Crippen LogP contribution in [-0.4, -0.2) is 47.7 Å². The van der Waals surface area contributed by atoms with Crippen LogP contribution in [0.1, 0.15) is 36.2 Å². The Kier molecular flexibility index (Phi) is 5.92. The minimum Gasteiger partial charge on any atom is -0.497 e. The van der Waals surface area contributed by atoms with Crippen LogP contribution in [-0.2, 0) is 4.79 Å². The average molecular weight is 395 g/mol. The summed E-state index contributed by atoms with van der Waals surface area (Å²) in [5, 5.41) is 9.17. The van der Waals surface area contributed by atoms with Crippen LogP contribution in [0.2, 0.25) is 0 Å². The first-order valence-electron chi connectivity index (χ1n) is 9.45. The van der Waals surface area contributed by atoms with Gasteiger partial charge in [-0.3, -0.25) is 4.79 Å². The van der Waals surface area contributed by atoms with Crippen LogP contribution in [0.3, 0.4) is 0 Å². The quantitative estimate of drug-likeness (QED) is 0.804. The molecule has 1 aliphatic rings. The number of carboxylic acids is 1. The Morgan fingerprint density at radius 2 is 1.62 bits per heavy atom. The number of aliphatic carboxylic acids is 1. The summed E-state index contributed by atoms with van der Waals surface area (Å²) in [5.74, 6) is 0.219. The SMILES string of the molecule is COc1ccc(C(=O)N2CC=C(c3ccc(OC(C)(C)C(=O)O)cc3)CC2)cc1. The van der Waals surface area contributed by atoms with Crippen molar-refractivity contribution in [2.75, 3.05) is 20.2 Å². The van der Waals surface area contributed by atoms with E-state index in [0.717, 1.165) is 23.3 Å². The molecule has 1 aliphatic heterocycles. The molecule has 152 valence electrons. The van der Waals surface area contributed by atoms with Gasteiger partial charge in [0.15, 0.2) is 5.60 Å². The Labute approximate surface area is 170 Å². The van der Waals surface area contributed by atoms with Gasteiger partial charge in [-0.05, 0) is 67.8 Å². The third-order valence-electron chi connectivity index (χ3n) is 4.95. The normalized spacial score (nSPS) is 14.2. The predicted octanol–water partition coefficient (Wildman–Crippen LogP) is 3.87. The Balaban J connectivity index is 1.64. The number of benzene rings is 2. The van der Waals surface area contributed by atoms with Crippen LogP contribution in [0.15, 0.2) is 54.6 Å². The summed E-state index contributed by atoms with van der Waals surface area (Å²) in [6.45, 7) is 4.22. The molecule has 6 nitrogen and oxygen atoms in total. The molecule has 0 fully saturated rings. The number of hydrogen-bond donors (Lipinski definition) is 1. The van der Waals surface area contributed by atoms with E-state index in [0.29, 0.717) is 24.4 Å². The second kappa shape index (κ2) is 8.39. The van der Waals surface area contributed by atoms with Gasteiger partial charge in [0.2, 0.25) is 0 Å². The number of rotatable bonds is 6. The number of methoxy groups -OCH3 is 1. The highest BCUT2D eigenvalue weighted by molar-refractivity contribution is 5.95. The fraction of sp³-hybridized carbons (Fsp3) is 0.304. The van der Waals surface area contributed by atoms with Crippen molar-refractivity contribution in [3.63, 3.8) is 0 Å². The molecule has 0 saturated heterocycles. The molecule has 1 N–H and O–H groups in total. The lowest BCUT2D eigenvalue weighted by atomic mass is 9.99. The molecule has 1 heterocycles. The predicted molar refractivity (Wildman–Crippen MR) is 110 cm³/mol. The smallest absolute Gasteiger partial charge is 0.347 e. The van der Waals surface area contributed by atoms with Gasteiger partial charge >= 0.3 is 5.97 Å². The van der Waals surface area contributed by atoms with E-state index in [4.69, 9.17) is 14.6 Å². The van der Waals surface area contributed by atoms with E-state index in [1.165, 1.54) is 13.8 Å². The third kappa shape index (κ3) is 4.77. The van der Waals surface area contributed by atoms with Crippen LogP contribution < -0.4 is 9.47 Å². The Morgan fingerprint density at radius 1 is 1.00 bits per heavy atom. The van der Waals surface area contributed by atoms with Crippen molar-refractivity contribution in [2.45, 2.75) is 25.9 Å². The topological polar surface area (TPSA) is 76.1 Å². The number of carbonyl (C=O) groups excluding carboxylic acids is 1. The van der Waals surface area contributed by atoms with Gasteiger partial charge in [0, 0.05) is 18.7 Å². The second-order valence-corrected chi connectivity index (χ2v) is 7.40. The molecular formula is C23H25NO5. The highest BCUT2D eigenvalue weighted by Gasteiger charge is 2.29. The maximum absolute atomic E-state index is 12.7. The average Bonchev–Trinajstić information content (AvgIpc) is 2.73. The Morgan fingerprint density at radius 3 is 2.14 bits per heavy atom. The van der Waals surface area contributed by atoms with Gasteiger partial charge in [-0.15, -0.1) is 0 Å². The van der Waals surface area contributed by atoms with E-state index in [1.54, 1.807) is 43.5 Å². The largest absolute Gasteiger partial charge is 0.497 e. The summed E-state index contributed by atoms with van der Waals surface area (Å²) in [4.78, 5) is 25.7. The summed E-state index contributed by atoms with van der Waals surface area (Å²) in [6, 6.07) is 14.5. The van der Waals surface area contributed by atoms with Gasteiger partial charge in [-0.1, -0.05) is 18.2 Å². The first kappa shape index (κ1) is 20.5. The summed E-state index contributed by atoms with van der Waals surface area (Å²) in [7, 11) is 1.60. The van der Waals surface area contributed by atoms with E-state index in [-0.39, 0.29) is 5.91 Å². The lowest BCUT2D eigenvalue weighted by molar-refractivity contribution is -0.152. The van der Waals surface area contributed by atoms with Crippen molar-refractivity contribution >= 4 is 17.4 Å². The summed E-state index contributed by atoms with van der Waals surface area (Å²) < 4.78 is 10.7. The third-order valence-corrected chi connectivity index (χ3v) is 4.95. The number of hydrogen-bond acceptors (Lipinski definition) is 4. The van der Waals surface area contributed by atoms with Gasteiger partial charge in [0.05, 0.1) is 7.11 Å². The highest BCUT2D eigenvalue weighted by atomic mass is 16.5. The van der Waals surface area contributed by atoms with E-state index in [1.807, 2.05) is 17.0 Å².